The summed E-state index contributed by atoms with van der Waals surface area (Å²) in [6.07, 6.45) is 5.54. The topological polar surface area (TPSA) is 21.3 Å². The summed E-state index contributed by atoms with van der Waals surface area (Å²) in [7, 11) is 0. The Morgan fingerprint density at radius 2 is 1.93 bits per heavy atom. The first kappa shape index (κ1) is 14.9. The molecule has 2 unspecified atom stereocenters. The fourth-order valence-electron chi connectivity index (χ4n) is 1.60. The third kappa shape index (κ3) is 8.88. The van der Waals surface area contributed by atoms with Crippen molar-refractivity contribution in [2.75, 3.05) is 19.7 Å². The van der Waals surface area contributed by atoms with E-state index in [-0.39, 0.29) is 0 Å². The second-order valence-corrected chi connectivity index (χ2v) is 4.37. The molecule has 0 radical (unpaired) electrons. The zero-order valence-corrected chi connectivity index (χ0v) is 11.0. The Morgan fingerprint density at radius 1 is 1.20 bits per heavy atom. The van der Waals surface area contributed by atoms with Gasteiger partial charge in [-0.25, -0.2) is 0 Å². The van der Waals surface area contributed by atoms with Crippen molar-refractivity contribution in [2.24, 2.45) is 5.92 Å². The second kappa shape index (κ2) is 10.4. The van der Waals surface area contributed by atoms with Crippen LogP contribution >= 0.6 is 0 Å². The van der Waals surface area contributed by atoms with E-state index in [1.165, 1.54) is 25.7 Å². The summed E-state index contributed by atoms with van der Waals surface area (Å²) in [5.74, 6) is 0.758. The fraction of sp³-hybridized carbons (Fsp3) is 1.00. The van der Waals surface area contributed by atoms with Crippen LogP contribution in [0.25, 0.3) is 0 Å². The minimum Gasteiger partial charge on any atom is -0.377 e. The molecule has 0 aliphatic rings. The number of rotatable bonds is 10. The molecule has 0 bridgehead atoms. The SMILES string of the molecule is CCCCC(CC)COC(C)CNCC. The van der Waals surface area contributed by atoms with Crippen LogP contribution in [0.15, 0.2) is 0 Å². The molecular formula is C13H29NO. The normalized spacial score (nSPS) is 15.2. The van der Waals surface area contributed by atoms with E-state index in [0.29, 0.717) is 6.10 Å². The summed E-state index contributed by atoms with van der Waals surface area (Å²) in [4.78, 5) is 0. The number of hydrogen-bond acceptors (Lipinski definition) is 2. The van der Waals surface area contributed by atoms with Gasteiger partial charge >= 0.3 is 0 Å². The lowest BCUT2D eigenvalue weighted by Crippen LogP contribution is -2.28. The molecule has 0 saturated heterocycles. The molecule has 1 N–H and O–H groups in total. The van der Waals surface area contributed by atoms with Gasteiger partial charge < -0.3 is 10.1 Å². The summed E-state index contributed by atoms with van der Waals surface area (Å²) >= 11 is 0. The quantitative estimate of drug-likeness (QED) is 0.604. The van der Waals surface area contributed by atoms with Crippen LogP contribution in [0, 0.1) is 5.92 Å². The van der Waals surface area contributed by atoms with Gasteiger partial charge in [-0.15, -0.1) is 0 Å². The highest BCUT2D eigenvalue weighted by atomic mass is 16.5. The first-order valence-electron chi connectivity index (χ1n) is 6.56. The maximum absolute atomic E-state index is 5.83. The third-order valence-corrected chi connectivity index (χ3v) is 2.84. The van der Waals surface area contributed by atoms with Gasteiger partial charge in [0, 0.05) is 13.2 Å². The molecule has 2 atom stereocenters. The van der Waals surface area contributed by atoms with Crippen LogP contribution in [0.5, 0.6) is 0 Å². The van der Waals surface area contributed by atoms with Crippen LogP contribution in [0.2, 0.25) is 0 Å². The van der Waals surface area contributed by atoms with Gasteiger partial charge in [0.2, 0.25) is 0 Å². The molecule has 0 saturated carbocycles. The van der Waals surface area contributed by atoms with Crippen LogP contribution in [-0.4, -0.2) is 25.8 Å². The largest absolute Gasteiger partial charge is 0.377 e. The zero-order chi connectivity index (χ0) is 11.5. The first-order chi connectivity index (χ1) is 7.24. The van der Waals surface area contributed by atoms with Crippen molar-refractivity contribution in [3.63, 3.8) is 0 Å². The van der Waals surface area contributed by atoms with E-state index in [1.807, 2.05) is 0 Å². The molecule has 15 heavy (non-hydrogen) atoms. The molecule has 0 fully saturated rings. The molecular weight excluding hydrogens is 186 g/mol. The Hall–Kier alpha value is -0.0800. The van der Waals surface area contributed by atoms with E-state index >= 15 is 0 Å². The van der Waals surface area contributed by atoms with Gasteiger partial charge in [-0.1, -0.05) is 40.0 Å². The summed E-state index contributed by atoms with van der Waals surface area (Å²) in [6, 6.07) is 0. The molecule has 92 valence electrons. The van der Waals surface area contributed by atoms with E-state index in [1.54, 1.807) is 0 Å². The van der Waals surface area contributed by atoms with Crippen molar-refractivity contribution >= 4 is 0 Å². The van der Waals surface area contributed by atoms with Crippen molar-refractivity contribution in [3.8, 4) is 0 Å². The standard InChI is InChI=1S/C13H29NO/c1-5-8-9-13(6-2)11-15-12(4)10-14-7-3/h12-14H,5-11H2,1-4H3. The Labute approximate surface area is 95.8 Å². The molecule has 2 heteroatoms. The minimum atomic E-state index is 0.348. The fourth-order valence-corrected chi connectivity index (χ4v) is 1.60. The van der Waals surface area contributed by atoms with Gasteiger partial charge in [-0.2, -0.15) is 0 Å². The summed E-state index contributed by atoms with van der Waals surface area (Å²) in [6.45, 7) is 11.7. The van der Waals surface area contributed by atoms with Crippen molar-refractivity contribution in [2.45, 2.75) is 59.5 Å². The lowest BCUT2D eigenvalue weighted by molar-refractivity contribution is 0.0372. The molecule has 0 aromatic carbocycles. The Balaban J connectivity index is 3.50. The molecule has 0 aromatic heterocycles. The predicted molar refractivity (Wildman–Crippen MR) is 67.3 cm³/mol. The summed E-state index contributed by atoms with van der Waals surface area (Å²) in [5, 5.41) is 3.31. The maximum Gasteiger partial charge on any atom is 0.0671 e. The minimum absolute atomic E-state index is 0.348. The number of nitrogens with one attached hydrogen (secondary N) is 1. The van der Waals surface area contributed by atoms with Gasteiger partial charge in [0.05, 0.1) is 6.10 Å². The number of hydrogen-bond donors (Lipinski definition) is 1. The molecule has 0 amide bonds. The van der Waals surface area contributed by atoms with E-state index in [2.05, 4.69) is 33.0 Å². The molecule has 0 rings (SSSR count). The zero-order valence-electron chi connectivity index (χ0n) is 11.0. The second-order valence-electron chi connectivity index (χ2n) is 4.37. The van der Waals surface area contributed by atoms with Crippen LogP contribution in [0.1, 0.15) is 53.4 Å². The van der Waals surface area contributed by atoms with Gasteiger partial charge in [-0.05, 0) is 25.8 Å². The molecule has 0 heterocycles. The van der Waals surface area contributed by atoms with E-state index in [0.717, 1.165) is 25.6 Å². The van der Waals surface area contributed by atoms with Gasteiger partial charge in [0.25, 0.3) is 0 Å². The van der Waals surface area contributed by atoms with Gasteiger partial charge in [-0.3, -0.25) is 0 Å². The predicted octanol–water partition coefficient (Wildman–Crippen LogP) is 3.22. The molecule has 0 aliphatic heterocycles. The first-order valence-corrected chi connectivity index (χ1v) is 6.56. The highest BCUT2D eigenvalue weighted by Crippen LogP contribution is 2.13. The maximum atomic E-state index is 5.83. The third-order valence-electron chi connectivity index (χ3n) is 2.84. The summed E-state index contributed by atoms with van der Waals surface area (Å²) < 4.78 is 5.83. The number of likely N-dealkylation sites (N-methyl/N-ethyl adjacent to an activating group) is 1. The van der Waals surface area contributed by atoms with E-state index in [9.17, 15) is 0 Å². The Morgan fingerprint density at radius 3 is 2.47 bits per heavy atom. The average Bonchev–Trinajstić information content (AvgIpc) is 2.26. The van der Waals surface area contributed by atoms with E-state index < -0.39 is 0 Å². The van der Waals surface area contributed by atoms with Crippen LogP contribution < -0.4 is 5.32 Å². The monoisotopic (exact) mass is 215 g/mol. The van der Waals surface area contributed by atoms with Gasteiger partial charge in [0.15, 0.2) is 0 Å². The van der Waals surface area contributed by atoms with Crippen LogP contribution in [0.4, 0.5) is 0 Å². The summed E-state index contributed by atoms with van der Waals surface area (Å²) in [5.41, 5.74) is 0. The number of unbranched alkanes of at least 4 members (excludes halogenated alkanes) is 1. The van der Waals surface area contributed by atoms with Crippen LogP contribution in [-0.2, 0) is 4.74 Å². The van der Waals surface area contributed by atoms with Crippen LogP contribution in [0.3, 0.4) is 0 Å². The molecule has 0 aromatic rings. The molecule has 0 aliphatic carbocycles. The lowest BCUT2D eigenvalue weighted by atomic mass is 10.0. The average molecular weight is 215 g/mol. The highest BCUT2D eigenvalue weighted by Gasteiger charge is 2.08. The van der Waals surface area contributed by atoms with E-state index in [4.69, 9.17) is 4.74 Å². The number of ether oxygens (including phenoxy) is 1. The highest BCUT2D eigenvalue weighted by molar-refractivity contribution is 4.59. The smallest absolute Gasteiger partial charge is 0.0671 e. The van der Waals surface area contributed by atoms with Crippen molar-refractivity contribution in [1.29, 1.82) is 0 Å². The molecule has 2 nitrogen and oxygen atoms in total. The van der Waals surface area contributed by atoms with Gasteiger partial charge in [0.1, 0.15) is 0 Å². The molecule has 0 spiro atoms. The lowest BCUT2D eigenvalue weighted by Gasteiger charge is -2.19. The van der Waals surface area contributed by atoms with Crippen molar-refractivity contribution in [3.05, 3.63) is 0 Å². The van der Waals surface area contributed by atoms with Crippen molar-refractivity contribution < 1.29 is 4.74 Å². The Bertz CT molecular complexity index is 128. The van der Waals surface area contributed by atoms with Crippen molar-refractivity contribution in [1.82, 2.24) is 5.32 Å². The Kier molecular flexibility index (Phi) is 10.4.